The summed E-state index contributed by atoms with van der Waals surface area (Å²) in [5, 5.41) is 7.89. The topological polar surface area (TPSA) is 86.0 Å². The lowest BCUT2D eigenvalue weighted by Gasteiger charge is -2.33. The molecule has 3 heterocycles. The molecule has 2 aromatic rings. The molecule has 1 saturated heterocycles. The molecule has 134 valence electrons. The maximum Gasteiger partial charge on any atom is 0.343 e. The van der Waals surface area contributed by atoms with E-state index < -0.39 is 0 Å². The monoisotopic (exact) mass is 344 g/mol. The van der Waals surface area contributed by atoms with Gasteiger partial charge in [-0.15, -0.1) is 5.10 Å². The van der Waals surface area contributed by atoms with Crippen LogP contribution in [0.25, 0.3) is 0 Å². The second-order valence-corrected chi connectivity index (χ2v) is 6.15. The summed E-state index contributed by atoms with van der Waals surface area (Å²) in [4.78, 5) is 23.3. The van der Waals surface area contributed by atoms with Gasteiger partial charge in [-0.1, -0.05) is 12.1 Å². The van der Waals surface area contributed by atoms with Crippen LogP contribution in [0.3, 0.4) is 0 Å². The maximum absolute atomic E-state index is 12.2. The Labute approximate surface area is 147 Å². The summed E-state index contributed by atoms with van der Waals surface area (Å²) in [6, 6.07) is 0. The lowest BCUT2D eigenvalue weighted by atomic mass is 9.96. The number of anilines is 1. The van der Waals surface area contributed by atoms with Crippen LogP contribution in [-0.4, -0.2) is 50.6 Å². The van der Waals surface area contributed by atoms with Crippen molar-refractivity contribution >= 4 is 11.8 Å². The first-order valence-electron chi connectivity index (χ1n) is 8.83. The number of rotatable bonds is 6. The first kappa shape index (κ1) is 17.3. The number of aromatic nitrogens is 5. The average molecular weight is 344 g/mol. The van der Waals surface area contributed by atoms with Gasteiger partial charge in [0.1, 0.15) is 17.2 Å². The van der Waals surface area contributed by atoms with Gasteiger partial charge in [-0.3, -0.25) is 4.68 Å². The molecule has 0 unspecified atom stereocenters. The first-order valence-corrected chi connectivity index (χ1v) is 8.83. The number of hydrogen-bond acceptors (Lipinski definition) is 7. The molecule has 0 aliphatic carbocycles. The van der Waals surface area contributed by atoms with E-state index in [-0.39, 0.29) is 5.97 Å². The zero-order valence-electron chi connectivity index (χ0n) is 14.8. The minimum atomic E-state index is -0.357. The van der Waals surface area contributed by atoms with Crippen LogP contribution in [-0.2, 0) is 17.7 Å². The van der Waals surface area contributed by atoms with Gasteiger partial charge in [-0.25, -0.2) is 14.8 Å². The molecule has 0 bridgehead atoms. The standard InChI is InChI=1S/C17H24N6O2/c1-3-15-18-11-14(17(24)25-4-2)16(20-15)22-8-5-13(6-9-22)12-23-10-7-19-21-23/h7,10-11,13H,3-6,8-9,12H2,1-2H3. The highest BCUT2D eigenvalue weighted by Gasteiger charge is 2.25. The fourth-order valence-electron chi connectivity index (χ4n) is 3.09. The number of carbonyl (C=O) groups is 1. The molecule has 1 fully saturated rings. The predicted octanol–water partition coefficient (Wildman–Crippen LogP) is 1.72. The van der Waals surface area contributed by atoms with Crippen LogP contribution in [0.1, 0.15) is 42.9 Å². The normalized spacial score (nSPS) is 15.4. The van der Waals surface area contributed by atoms with Crippen molar-refractivity contribution in [3.8, 4) is 0 Å². The first-order chi connectivity index (χ1) is 12.2. The molecular formula is C17H24N6O2. The summed E-state index contributed by atoms with van der Waals surface area (Å²) in [6.45, 7) is 6.73. The third-order valence-electron chi connectivity index (χ3n) is 4.46. The number of esters is 1. The number of carbonyl (C=O) groups excluding carboxylic acids is 1. The summed E-state index contributed by atoms with van der Waals surface area (Å²) in [5.41, 5.74) is 0.453. The zero-order chi connectivity index (χ0) is 17.6. The molecule has 0 N–H and O–H groups in total. The Morgan fingerprint density at radius 2 is 2.12 bits per heavy atom. The minimum absolute atomic E-state index is 0.341. The number of aryl methyl sites for hydroxylation is 1. The van der Waals surface area contributed by atoms with E-state index in [1.54, 1.807) is 19.3 Å². The van der Waals surface area contributed by atoms with Crippen molar-refractivity contribution < 1.29 is 9.53 Å². The molecule has 2 aromatic heterocycles. The second kappa shape index (κ2) is 8.04. The number of piperidine rings is 1. The minimum Gasteiger partial charge on any atom is -0.462 e. The summed E-state index contributed by atoms with van der Waals surface area (Å²) in [7, 11) is 0. The quantitative estimate of drug-likeness (QED) is 0.738. The summed E-state index contributed by atoms with van der Waals surface area (Å²) >= 11 is 0. The van der Waals surface area contributed by atoms with E-state index in [0.29, 0.717) is 23.9 Å². The van der Waals surface area contributed by atoms with Crippen LogP contribution >= 0.6 is 0 Å². The Hall–Kier alpha value is -2.51. The lowest BCUT2D eigenvalue weighted by Crippen LogP contribution is -2.37. The summed E-state index contributed by atoms with van der Waals surface area (Å²) < 4.78 is 7.04. The Morgan fingerprint density at radius 1 is 1.32 bits per heavy atom. The largest absolute Gasteiger partial charge is 0.462 e. The number of nitrogens with zero attached hydrogens (tertiary/aromatic N) is 6. The Balaban J connectivity index is 1.71. The molecular weight excluding hydrogens is 320 g/mol. The molecule has 0 amide bonds. The van der Waals surface area contributed by atoms with Gasteiger partial charge in [0, 0.05) is 38.4 Å². The van der Waals surface area contributed by atoms with E-state index in [2.05, 4.69) is 25.2 Å². The van der Waals surface area contributed by atoms with Gasteiger partial charge in [0.2, 0.25) is 0 Å². The molecule has 25 heavy (non-hydrogen) atoms. The van der Waals surface area contributed by atoms with Gasteiger partial charge >= 0.3 is 5.97 Å². The van der Waals surface area contributed by atoms with Gasteiger partial charge in [0.15, 0.2) is 0 Å². The zero-order valence-corrected chi connectivity index (χ0v) is 14.8. The molecule has 0 saturated carbocycles. The fourth-order valence-corrected chi connectivity index (χ4v) is 3.09. The molecule has 1 aliphatic rings. The van der Waals surface area contributed by atoms with E-state index in [9.17, 15) is 4.79 Å². The number of ether oxygens (including phenoxy) is 1. The van der Waals surface area contributed by atoms with Crippen molar-refractivity contribution in [1.29, 1.82) is 0 Å². The molecule has 0 radical (unpaired) electrons. The van der Waals surface area contributed by atoms with Gasteiger partial charge in [-0.05, 0) is 25.7 Å². The van der Waals surface area contributed by atoms with Crippen molar-refractivity contribution in [2.24, 2.45) is 5.92 Å². The maximum atomic E-state index is 12.2. The van der Waals surface area contributed by atoms with Crippen LogP contribution in [0.5, 0.6) is 0 Å². The van der Waals surface area contributed by atoms with Crippen molar-refractivity contribution in [3.63, 3.8) is 0 Å². The molecule has 1 aliphatic heterocycles. The third kappa shape index (κ3) is 4.12. The van der Waals surface area contributed by atoms with Crippen LogP contribution in [0.15, 0.2) is 18.6 Å². The lowest BCUT2D eigenvalue weighted by molar-refractivity contribution is 0.0526. The van der Waals surface area contributed by atoms with Crippen LogP contribution < -0.4 is 4.90 Å². The summed E-state index contributed by atoms with van der Waals surface area (Å²) in [5.74, 6) is 1.64. The van der Waals surface area contributed by atoms with E-state index in [0.717, 1.165) is 44.7 Å². The molecule has 0 atom stereocenters. The molecule has 8 heteroatoms. The number of hydrogen-bond donors (Lipinski definition) is 0. The van der Waals surface area contributed by atoms with Gasteiger partial charge in [-0.2, -0.15) is 0 Å². The van der Waals surface area contributed by atoms with Gasteiger partial charge in [0.25, 0.3) is 0 Å². The fraction of sp³-hybridized carbons (Fsp3) is 0.588. The van der Waals surface area contributed by atoms with E-state index in [4.69, 9.17) is 4.74 Å². The van der Waals surface area contributed by atoms with Crippen molar-refractivity contribution in [3.05, 3.63) is 30.0 Å². The van der Waals surface area contributed by atoms with Crippen LogP contribution in [0.2, 0.25) is 0 Å². The Kier molecular flexibility index (Phi) is 5.57. The van der Waals surface area contributed by atoms with E-state index >= 15 is 0 Å². The molecule has 8 nitrogen and oxygen atoms in total. The molecule has 0 spiro atoms. The third-order valence-corrected chi connectivity index (χ3v) is 4.46. The highest BCUT2D eigenvalue weighted by Crippen LogP contribution is 2.26. The van der Waals surface area contributed by atoms with E-state index in [1.807, 2.05) is 17.8 Å². The highest BCUT2D eigenvalue weighted by atomic mass is 16.5. The molecule has 0 aromatic carbocycles. The predicted molar refractivity (Wildman–Crippen MR) is 92.3 cm³/mol. The van der Waals surface area contributed by atoms with Crippen molar-refractivity contribution in [1.82, 2.24) is 25.0 Å². The SMILES string of the molecule is CCOC(=O)c1cnc(CC)nc1N1CCC(Cn2ccnn2)CC1. The molecule has 3 rings (SSSR count). The Bertz CT molecular complexity index is 695. The second-order valence-electron chi connectivity index (χ2n) is 6.15. The average Bonchev–Trinajstić information content (AvgIpc) is 3.15. The Morgan fingerprint density at radius 3 is 2.76 bits per heavy atom. The highest BCUT2D eigenvalue weighted by molar-refractivity contribution is 5.94. The van der Waals surface area contributed by atoms with Crippen LogP contribution in [0, 0.1) is 5.92 Å². The smallest absolute Gasteiger partial charge is 0.343 e. The van der Waals surface area contributed by atoms with Crippen LogP contribution in [0.4, 0.5) is 5.82 Å². The van der Waals surface area contributed by atoms with E-state index in [1.165, 1.54) is 0 Å². The summed E-state index contributed by atoms with van der Waals surface area (Å²) in [6.07, 6.45) is 7.97. The van der Waals surface area contributed by atoms with Crippen molar-refractivity contribution in [2.75, 3.05) is 24.6 Å². The van der Waals surface area contributed by atoms with Gasteiger partial charge < -0.3 is 9.64 Å². The van der Waals surface area contributed by atoms with Gasteiger partial charge in [0.05, 0.1) is 12.8 Å². The van der Waals surface area contributed by atoms with Crippen molar-refractivity contribution in [2.45, 2.75) is 39.7 Å².